The first-order valence-electron chi connectivity index (χ1n) is 7.81. The van der Waals surface area contributed by atoms with Gasteiger partial charge in [-0.15, -0.1) is 24.0 Å². The molecule has 0 aromatic heterocycles. The molecule has 0 atom stereocenters. The third-order valence-corrected chi connectivity index (χ3v) is 3.93. The van der Waals surface area contributed by atoms with Crippen LogP contribution in [-0.2, 0) is 11.3 Å². The lowest BCUT2D eigenvalue weighted by Gasteiger charge is -2.31. The van der Waals surface area contributed by atoms with E-state index in [-0.39, 0.29) is 36.1 Å². The number of ether oxygens (including phenoxy) is 1. The van der Waals surface area contributed by atoms with Crippen molar-refractivity contribution in [1.29, 1.82) is 0 Å². The molecule has 1 amide bonds. The molecule has 1 aromatic rings. The Balaban J connectivity index is 0.00000288. The van der Waals surface area contributed by atoms with E-state index in [1.54, 1.807) is 4.90 Å². The maximum absolute atomic E-state index is 11.6. The van der Waals surface area contributed by atoms with Crippen molar-refractivity contribution >= 4 is 47.6 Å². The van der Waals surface area contributed by atoms with Crippen molar-refractivity contribution in [3.63, 3.8) is 0 Å². The van der Waals surface area contributed by atoms with Crippen molar-refractivity contribution in [2.75, 3.05) is 19.7 Å². The average Bonchev–Trinajstić information content (AvgIpc) is 2.54. The van der Waals surface area contributed by atoms with Gasteiger partial charge in [-0.1, -0.05) is 23.7 Å². The largest absolute Gasteiger partial charge is 0.450 e. The fraction of sp³-hybridized carbons (Fsp3) is 0.500. The number of nitrogens with two attached hydrogens (primary N) is 1. The molecular weight excluding hydrogens is 443 g/mol. The van der Waals surface area contributed by atoms with Crippen molar-refractivity contribution in [2.45, 2.75) is 32.4 Å². The van der Waals surface area contributed by atoms with Gasteiger partial charge >= 0.3 is 6.09 Å². The molecule has 3 N–H and O–H groups in total. The van der Waals surface area contributed by atoms with Crippen molar-refractivity contribution in [2.24, 2.45) is 10.7 Å². The molecule has 1 aliphatic rings. The molecule has 134 valence electrons. The zero-order chi connectivity index (χ0) is 16.7. The van der Waals surface area contributed by atoms with Crippen LogP contribution in [-0.4, -0.2) is 42.7 Å². The number of amides is 1. The van der Waals surface area contributed by atoms with Gasteiger partial charge in [-0.25, -0.2) is 9.79 Å². The number of halogens is 2. The highest BCUT2D eigenvalue weighted by Gasteiger charge is 2.23. The summed E-state index contributed by atoms with van der Waals surface area (Å²) in [5, 5.41) is 3.90. The summed E-state index contributed by atoms with van der Waals surface area (Å²) in [5.41, 5.74) is 6.95. The quantitative estimate of drug-likeness (QED) is 0.406. The van der Waals surface area contributed by atoms with Gasteiger partial charge in [0.15, 0.2) is 5.96 Å². The Hall–Kier alpha value is -1.22. The second kappa shape index (κ2) is 10.6. The fourth-order valence-electron chi connectivity index (χ4n) is 2.49. The average molecular weight is 467 g/mol. The van der Waals surface area contributed by atoms with E-state index < -0.39 is 0 Å². The number of carbonyl (C=O) groups is 1. The Morgan fingerprint density at radius 3 is 2.79 bits per heavy atom. The third-order valence-electron chi connectivity index (χ3n) is 3.69. The summed E-state index contributed by atoms with van der Waals surface area (Å²) in [6, 6.07) is 7.77. The van der Waals surface area contributed by atoms with Crippen LogP contribution >= 0.6 is 35.6 Å². The van der Waals surface area contributed by atoms with Crippen LogP contribution in [0.3, 0.4) is 0 Å². The second-order valence-corrected chi connectivity index (χ2v) is 5.87. The Bertz CT molecular complexity index is 563. The number of hydrogen-bond donors (Lipinski definition) is 2. The number of guanidine groups is 1. The number of aliphatic imine (C=N–C) groups is 1. The van der Waals surface area contributed by atoms with Crippen molar-refractivity contribution < 1.29 is 9.53 Å². The molecule has 0 spiro atoms. The minimum atomic E-state index is -0.242. The van der Waals surface area contributed by atoms with Gasteiger partial charge in [0.05, 0.1) is 13.2 Å². The van der Waals surface area contributed by atoms with E-state index in [2.05, 4.69) is 10.3 Å². The van der Waals surface area contributed by atoms with Crippen LogP contribution in [0.2, 0.25) is 5.02 Å². The molecule has 8 heteroatoms. The number of piperidine rings is 1. The summed E-state index contributed by atoms with van der Waals surface area (Å²) in [6.07, 6.45) is 1.41. The van der Waals surface area contributed by atoms with Crippen LogP contribution in [0.4, 0.5) is 4.79 Å². The summed E-state index contributed by atoms with van der Waals surface area (Å²) in [5.74, 6) is 0.416. The van der Waals surface area contributed by atoms with Crippen LogP contribution in [0.15, 0.2) is 29.3 Å². The van der Waals surface area contributed by atoms with Gasteiger partial charge in [0, 0.05) is 24.2 Å². The fourth-order valence-corrected chi connectivity index (χ4v) is 2.70. The maximum Gasteiger partial charge on any atom is 0.409 e. The normalized spacial score (nSPS) is 15.6. The van der Waals surface area contributed by atoms with Crippen molar-refractivity contribution in [1.82, 2.24) is 10.2 Å². The van der Waals surface area contributed by atoms with Gasteiger partial charge in [-0.2, -0.15) is 0 Å². The summed E-state index contributed by atoms with van der Waals surface area (Å²) in [6.45, 7) is 4.03. The van der Waals surface area contributed by atoms with Gasteiger partial charge in [-0.05, 0) is 37.5 Å². The molecule has 0 bridgehead atoms. The van der Waals surface area contributed by atoms with Gasteiger partial charge in [-0.3, -0.25) is 0 Å². The standard InChI is InChI=1S/C16H23ClN4O2.HI/c1-2-23-16(22)21-8-6-14(7-9-21)20-15(18)19-11-12-4-3-5-13(17)10-12;/h3-5,10,14H,2,6-9,11H2,1H3,(H3,18,19,20);1H. The number of likely N-dealkylation sites (tertiary alicyclic amines) is 1. The zero-order valence-corrected chi connectivity index (χ0v) is 16.8. The monoisotopic (exact) mass is 466 g/mol. The number of benzene rings is 1. The van der Waals surface area contributed by atoms with Gasteiger partial charge < -0.3 is 20.7 Å². The van der Waals surface area contributed by atoms with E-state index in [4.69, 9.17) is 22.1 Å². The minimum Gasteiger partial charge on any atom is -0.450 e. The zero-order valence-electron chi connectivity index (χ0n) is 13.7. The van der Waals surface area contributed by atoms with Crippen LogP contribution < -0.4 is 11.1 Å². The summed E-state index contributed by atoms with van der Waals surface area (Å²) < 4.78 is 5.00. The number of nitrogens with one attached hydrogen (secondary N) is 1. The molecule has 0 radical (unpaired) electrons. The highest BCUT2D eigenvalue weighted by Crippen LogP contribution is 2.12. The smallest absolute Gasteiger partial charge is 0.409 e. The lowest BCUT2D eigenvalue weighted by Crippen LogP contribution is -2.48. The van der Waals surface area contributed by atoms with E-state index in [1.165, 1.54) is 0 Å². The van der Waals surface area contributed by atoms with E-state index in [1.807, 2.05) is 31.2 Å². The molecule has 6 nitrogen and oxygen atoms in total. The molecular formula is C16H24ClIN4O2. The van der Waals surface area contributed by atoms with Crippen LogP contribution in [0.1, 0.15) is 25.3 Å². The lowest BCUT2D eigenvalue weighted by molar-refractivity contribution is 0.0963. The predicted octanol–water partition coefficient (Wildman–Crippen LogP) is 2.98. The van der Waals surface area contributed by atoms with Crippen molar-refractivity contribution in [3.05, 3.63) is 34.9 Å². The minimum absolute atomic E-state index is 0. The molecule has 24 heavy (non-hydrogen) atoms. The molecule has 1 saturated heterocycles. The number of carbonyl (C=O) groups excluding carboxylic acids is 1. The lowest BCUT2D eigenvalue weighted by atomic mass is 10.1. The second-order valence-electron chi connectivity index (χ2n) is 5.44. The number of nitrogens with zero attached hydrogens (tertiary/aromatic N) is 2. The highest BCUT2D eigenvalue weighted by atomic mass is 127. The van der Waals surface area contributed by atoms with Gasteiger partial charge in [0.25, 0.3) is 0 Å². The molecule has 0 unspecified atom stereocenters. The van der Waals surface area contributed by atoms with Gasteiger partial charge in [0.2, 0.25) is 0 Å². The number of rotatable bonds is 4. The van der Waals surface area contributed by atoms with Crippen LogP contribution in [0.25, 0.3) is 0 Å². The molecule has 1 fully saturated rings. The van der Waals surface area contributed by atoms with Gasteiger partial charge in [0.1, 0.15) is 0 Å². The molecule has 1 aromatic carbocycles. The molecule has 1 heterocycles. The van der Waals surface area contributed by atoms with E-state index >= 15 is 0 Å². The first-order chi connectivity index (χ1) is 11.1. The Morgan fingerprint density at radius 2 is 2.17 bits per heavy atom. The Labute approximate surface area is 164 Å². The molecule has 1 aliphatic heterocycles. The van der Waals surface area contributed by atoms with Crippen LogP contribution in [0.5, 0.6) is 0 Å². The first-order valence-corrected chi connectivity index (χ1v) is 8.19. The SMILES string of the molecule is CCOC(=O)N1CCC(NC(N)=NCc2cccc(Cl)c2)CC1.I. The van der Waals surface area contributed by atoms with E-state index in [0.717, 1.165) is 18.4 Å². The first kappa shape index (κ1) is 20.8. The summed E-state index contributed by atoms with van der Waals surface area (Å²) in [4.78, 5) is 17.7. The summed E-state index contributed by atoms with van der Waals surface area (Å²) >= 11 is 5.94. The Morgan fingerprint density at radius 1 is 1.46 bits per heavy atom. The molecule has 0 aliphatic carbocycles. The van der Waals surface area contributed by atoms with E-state index in [0.29, 0.717) is 37.2 Å². The van der Waals surface area contributed by atoms with Crippen molar-refractivity contribution in [3.8, 4) is 0 Å². The topological polar surface area (TPSA) is 80.0 Å². The third kappa shape index (κ3) is 6.72. The van der Waals surface area contributed by atoms with E-state index in [9.17, 15) is 4.79 Å². The predicted molar refractivity (Wildman–Crippen MR) is 107 cm³/mol. The maximum atomic E-state index is 11.6. The number of hydrogen-bond acceptors (Lipinski definition) is 3. The Kier molecular flexibility index (Phi) is 9.20. The molecule has 0 saturated carbocycles. The highest BCUT2D eigenvalue weighted by molar-refractivity contribution is 14.0. The van der Waals surface area contributed by atoms with Crippen LogP contribution in [0, 0.1) is 0 Å². The summed E-state index contributed by atoms with van der Waals surface area (Å²) in [7, 11) is 0. The molecule has 2 rings (SSSR count).